The smallest absolute Gasteiger partial charge is 0.339 e. The van der Waals surface area contributed by atoms with Crippen LogP contribution < -0.4 is 4.74 Å². The summed E-state index contributed by atoms with van der Waals surface area (Å²) in [6, 6.07) is 10.7. The fraction of sp³-hybridized carbons (Fsp3) is 0. The summed E-state index contributed by atoms with van der Waals surface area (Å²) in [4.78, 5) is 19.4. The normalized spacial score (nSPS) is 10.5. The van der Waals surface area contributed by atoms with E-state index in [0.717, 1.165) is 5.39 Å². The minimum atomic E-state index is -1.06. The predicted octanol–water partition coefficient (Wildman–Crippen LogP) is 3.88. The summed E-state index contributed by atoms with van der Waals surface area (Å²) < 4.78 is 6.33. The summed E-state index contributed by atoms with van der Waals surface area (Å²) >= 11 is 3.23. The lowest BCUT2D eigenvalue weighted by molar-refractivity contribution is 0.0694. The van der Waals surface area contributed by atoms with E-state index in [1.165, 1.54) is 18.5 Å². The van der Waals surface area contributed by atoms with Crippen LogP contribution in [0.1, 0.15) is 10.4 Å². The Morgan fingerprint density at radius 3 is 2.52 bits per heavy atom. The molecule has 1 N–H and O–H groups in total. The third-order valence-corrected chi connectivity index (χ3v) is 3.31. The number of nitrogens with zero attached hydrogens (tertiary/aromatic N) is 2. The molecule has 104 valence electrons. The van der Waals surface area contributed by atoms with Gasteiger partial charge in [0.05, 0.1) is 4.47 Å². The lowest BCUT2D eigenvalue weighted by Gasteiger charge is -2.10. The Kier molecular flexibility index (Phi) is 3.53. The fourth-order valence-corrected chi connectivity index (χ4v) is 2.17. The van der Waals surface area contributed by atoms with Gasteiger partial charge in [-0.1, -0.05) is 30.3 Å². The third-order valence-electron chi connectivity index (χ3n) is 2.90. The maximum atomic E-state index is 11.4. The summed E-state index contributed by atoms with van der Waals surface area (Å²) in [5.41, 5.74) is 0.0696. The maximum absolute atomic E-state index is 11.4. The first kappa shape index (κ1) is 13.5. The van der Waals surface area contributed by atoms with Crippen LogP contribution in [0, 0.1) is 0 Å². The highest BCUT2D eigenvalue weighted by Gasteiger charge is 2.16. The van der Waals surface area contributed by atoms with Crippen molar-refractivity contribution in [3.63, 3.8) is 0 Å². The molecule has 0 atom stereocenters. The summed E-state index contributed by atoms with van der Waals surface area (Å²) in [7, 11) is 0. The number of aromatic carboxylic acids is 1. The molecular weight excluding hydrogens is 336 g/mol. The molecule has 0 fully saturated rings. The van der Waals surface area contributed by atoms with Crippen LogP contribution in [0.3, 0.4) is 0 Å². The average Bonchev–Trinajstić information content (AvgIpc) is 2.49. The van der Waals surface area contributed by atoms with Crippen molar-refractivity contribution >= 4 is 32.7 Å². The standard InChI is InChI=1S/C15H9BrN2O3/c16-10-7-17-15(18-8-10)21-13-11-4-2-1-3-9(11)5-6-12(13)14(19)20/h1-8H,(H,19,20). The SMILES string of the molecule is O=C(O)c1ccc2ccccc2c1Oc1ncc(Br)cn1. The number of halogens is 1. The van der Waals surface area contributed by atoms with E-state index in [9.17, 15) is 9.90 Å². The first-order chi connectivity index (χ1) is 10.1. The Bertz CT molecular complexity index is 819. The second-order valence-electron chi connectivity index (χ2n) is 4.25. The second kappa shape index (κ2) is 5.49. The second-order valence-corrected chi connectivity index (χ2v) is 5.17. The molecule has 0 unspecified atom stereocenters. The van der Waals surface area contributed by atoms with Gasteiger partial charge in [-0.25, -0.2) is 14.8 Å². The highest BCUT2D eigenvalue weighted by molar-refractivity contribution is 9.10. The van der Waals surface area contributed by atoms with E-state index in [4.69, 9.17) is 4.74 Å². The van der Waals surface area contributed by atoms with Gasteiger partial charge in [0.15, 0.2) is 5.75 Å². The number of carboxylic acid groups (broad SMARTS) is 1. The molecule has 3 rings (SSSR count). The van der Waals surface area contributed by atoms with Gasteiger partial charge in [-0.15, -0.1) is 0 Å². The quantitative estimate of drug-likeness (QED) is 0.780. The first-order valence-electron chi connectivity index (χ1n) is 6.05. The van der Waals surface area contributed by atoms with Gasteiger partial charge in [-0.05, 0) is 27.4 Å². The third kappa shape index (κ3) is 2.71. The Morgan fingerprint density at radius 2 is 1.81 bits per heavy atom. The largest absolute Gasteiger partial charge is 0.478 e. The molecule has 3 aromatic rings. The van der Waals surface area contributed by atoms with Crippen LogP contribution in [0.5, 0.6) is 11.8 Å². The molecule has 0 bridgehead atoms. The number of carbonyl (C=O) groups is 1. The highest BCUT2D eigenvalue weighted by Crippen LogP contribution is 2.32. The number of rotatable bonds is 3. The Morgan fingerprint density at radius 1 is 1.10 bits per heavy atom. The Hall–Kier alpha value is -2.47. The van der Waals surface area contributed by atoms with Gasteiger partial charge in [0.25, 0.3) is 0 Å². The summed E-state index contributed by atoms with van der Waals surface area (Å²) in [5.74, 6) is -0.823. The molecule has 0 saturated heterocycles. The fourth-order valence-electron chi connectivity index (χ4n) is 1.97. The number of hydrogen-bond donors (Lipinski definition) is 1. The van der Waals surface area contributed by atoms with E-state index < -0.39 is 5.97 Å². The zero-order valence-corrected chi connectivity index (χ0v) is 12.2. The maximum Gasteiger partial charge on any atom is 0.339 e. The first-order valence-corrected chi connectivity index (χ1v) is 6.85. The van der Waals surface area contributed by atoms with Crippen LogP contribution in [0.15, 0.2) is 53.3 Å². The van der Waals surface area contributed by atoms with Gasteiger partial charge >= 0.3 is 12.0 Å². The summed E-state index contributed by atoms with van der Waals surface area (Å²) in [5, 5.41) is 10.9. The minimum absolute atomic E-state index is 0.0696. The van der Waals surface area contributed by atoms with Crippen LogP contribution >= 0.6 is 15.9 Å². The van der Waals surface area contributed by atoms with E-state index in [1.54, 1.807) is 12.1 Å². The van der Waals surface area contributed by atoms with Crippen molar-refractivity contribution in [1.82, 2.24) is 9.97 Å². The highest BCUT2D eigenvalue weighted by atomic mass is 79.9. The van der Waals surface area contributed by atoms with E-state index >= 15 is 0 Å². The molecule has 0 amide bonds. The van der Waals surface area contributed by atoms with Gasteiger partial charge in [0.1, 0.15) is 5.56 Å². The van der Waals surface area contributed by atoms with Crippen LogP contribution in [0.25, 0.3) is 10.8 Å². The van der Waals surface area contributed by atoms with Gasteiger partial charge in [-0.3, -0.25) is 0 Å². The monoisotopic (exact) mass is 344 g/mol. The molecule has 6 heteroatoms. The molecule has 5 nitrogen and oxygen atoms in total. The van der Waals surface area contributed by atoms with Crippen molar-refractivity contribution in [3.05, 3.63) is 58.8 Å². The lowest BCUT2D eigenvalue weighted by Crippen LogP contribution is -2.02. The van der Waals surface area contributed by atoms with Crippen LogP contribution in [0.4, 0.5) is 0 Å². The molecule has 0 saturated carbocycles. The van der Waals surface area contributed by atoms with Crippen molar-refractivity contribution in [2.75, 3.05) is 0 Å². The number of ether oxygens (including phenoxy) is 1. The Labute approximate surface area is 128 Å². The van der Waals surface area contributed by atoms with Crippen LogP contribution in [0.2, 0.25) is 0 Å². The molecule has 0 aliphatic rings. The van der Waals surface area contributed by atoms with Gasteiger partial charge in [0.2, 0.25) is 0 Å². The van der Waals surface area contributed by atoms with Crippen molar-refractivity contribution in [2.24, 2.45) is 0 Å². The predicted molar refractivity (Wildman–Crippen MR) is 80.7 cm³/mol. The van der Waals surface area contributed by atoms with Crippen molar-refractivity contribution in [2.45, 2.75) is 0 Å². The molecule has 0 aliphatic carbocycles. The van der Waals surface area contributed by atoms with Gasteiger partial charge < -0.3 is 9.84 Å². The molecular formula is C15H9BrN2O3. The van der Waals surface area contributed by atoms with Crippen molar-refractivity contribution < 1.29 is 14.6 Å². The number of fused-ring (bicyclic) bond motifs is 1. The van der Waals surface area contributed by atoms with Gasteiger partial charge in [-0.2, -0.15) is 0 Å². The molecule has 1 aromatic heterocycles. The molecule has 0 radical (unpaired) electrons. The molecule has 0 aliphatic heterocycles. The van der Waals surface area contributed by atoms with Crippen molar-refractivity contribution in [3.8, 4) is 11.8 Å². The average molecular weight is 345 g/mol. The van der Waals surface area contributed by atoms with E-state index in [-0.39, 0.29) is 17.3 Å². The van der Waals surface area contributed by atoms with E-state index in [0.29, 0.717) is 9.86 Å². The summed E-state index contributed by atoms with van der Waals surface area (Å²) in [6.45, 7) is 0. The van der Waals surface area contributed by atoms with Crippen LogP contribution in [-0.2, 0) is 0 Å². The molecule has 2 aromatic carbocycles. The van der Waals surface area contributed by atoms with Crippen LogP contribution in [-0.4, -0.2) is 21.0 Å². The minimum Gasteiger partial charge on any atom is -0.478 e. The number of hydrogen-bond acceptors (Lipinski definition) is 4. The molecule has 1 heterocycles. The summed E-state index contributed by atoms with van der Waals surface area (Å²) in [6.07, 6.45) is 3.07. The number of carboxylic acids is 1. The number of benzene rings is 2. The van der Waals surface area contributed by atoms with Crippen molar-refractivity contribution in [1.29, 1.82) is 0 Å². The topological polar surface area (TPSA) is 72.3 Å². The zero-order chi connectivity index (χ0) is 14.8. The Balaban J connectivity index is 2.16. The number of aromatic nitrogens is 2. The van der Waals surface area contributed by atoms with Gasteiger partial charge in [0, 0.05) is 17.8 Å². The van der Waals surface area contributed by atoms with E-state index in [2.05, 4.69) is 25.9 Å². The molecule has 21 heavy (non-hydrogen) atoms. The zero-order valence-electron chi connectivity index (χ0n) is 10.7. The van der Waals surface area contributed by atoms with E-state index in [1.807, 2.05) is 18.2 Å². The molecule has 0 spiro atoms. The lowest BCUT2D eigenvalue weighted by atomic mass is 10.1.